The zero-order chi connectivity index (χ0) is 13.8. The molecule has 0 bridgehead atoms. The number of likely N-dealkylation sites (tertiary alicyclic amines) is 1. The van der Waals surface area contributed by atoms with Crippen molar-refractivity contribution in [3.8, 4) is 0 Å². The summed E-state index contributed by atoms with van der Waals surface area (Å²) in [5.74, 6) is 0.667. The zero-order valence-electron chi connectivity index (χ0n) is 12.4. The third-order valence-corrected chi connectivity index (χ3v) is 4.97. The maximum atomic E-state index is 12.3. The lowest BCUT2D eigenvalue weighted by Crippen LogP contribution is -2.49. The van der Waals surface area contributed by atoms with Crippen molar-refractivity contribution in [3.05, 3.63) is 0 Å². The molecular formula is C15H29N3O. The highest BCUT2D eigenvalue weighted by molar-refractivity contribution is 5.79. The van der Waals surface area contributed by atoms with Gasteiger partial charge in [-0.05, 0) is 51.6 Å². The average molecular weight is 267 g/mol. The number of carbonyl (C=O) groups is 1. The van der Waals surface area contributed by atoms with E-state index < -0.39 is 0 Å². The van der Waals surface area contributed by atoms with Crippen LogP contribution in [0.15, 0.2) is 0 Å². The summed E-state index contributed by atoms with van der Waals surface area (Å²) >= 11 is 0. The number of nitrogens with two attached hydrogens (primary N) is 1. The van der Waals surface area contributed by atoms with Crippen LogP contribution in [0.4, 0.5) is 0 Å². The van der Waals surface area contributed by atoms with Crippen LogP contribution in [-0.4, -0.2) is 42.5 Å². The van der Waals surface area contributed by atoms with Gasteiger partial charge in [0.25, 0.3) is 0 Å². The van der Waals surface area contributed by atoms with Gasteiger partial charge in [0.1, 0.15) is 0 Å². The molecule has 4 atom stereocenters. The van der Waals surface area contributed by atoms with Gasteiger partial charge in [0.15, 0.2) is 0 Å². The number of nitrogens with one attached hydrogen (secondary N) is 1. The molecule has 1 saturated carbocycles. The number of hydrogen-bond acceptors (Lipinski definition) is 3. The summed E-state index contributed by atoms with van der Waals surface area (Å²) in [7, 11) is 0. The van der Waals surface area contributed by atoms with E-state index >= 15 is 0 Å². The van der Waals surface area contributed by atoms with Crippen LogP contribution in [0, 0.1) is 11.8 Å². The molecule has 0 spiro atoms. The number of amides is 1. The second-order valence-electron chi connectivity index (χ2n) is 6.43. The van der Waals surface area contributed by atoms with Gasteiger partial charge < -0.3 is 11.1 Å². The van der Waals surface area contributed by atoms with Gasteiger partial charge in [0.05, 0.1) is 5.92 Å². The quantitative estimate of drug-likeness (QED) is 0.808. The number of hydrogen-bond donors (Lipinski definition) is 2. The van der Waals surface area contributed by atoms with Crippen molar-refractivity contribution in [2.45, 2.75) is 58.0 Å². The van der Waals surface area contributed by atoms with E-state index in [0.29, 0.717) is 12.0 Å². The fraction of sp³-hybridized carbons (Fsp3) is 0.933. The number of rotatable bonds is 4. The van der Waals surface area contributed by atoms with Crippen molar-refractivity contribution < 1.29 is 4.79 Å². The highest BCUT2D eigenvalue weighted by atomic mass is 16.1. The van der Waals surface area contributed by atoms with Crippen LogP contribution in [0.1, 0.15) is 46.0 Å². The molecule has 3 N–H and O–H groups in total. The van der Waals surface area contributed by atoms with Gasteiger partial charge >= 0.3 is 0 Å². The molecule has 0 aromatic rings. The molecule has 19 heavy (non-hydrogen) atoms. The fourth-order valence-electron chi connectivity index (χ4n) is 3.44. The molecule has 0 aromatic heterocycles. The van der Waals surface area contributed by atoms with Gasteiger partial charge in [-0.15, -0.1) is 0 Å². The Morgan fingerprint density at radius 2 is 2.00 bits per heavy atom. The maximum absolute atomic E-state index is 12.3. The number of carbonyl (C=O) groups excluding carboxylic acids is 1. The van der Waals surface area contributed by atoms with E-state index in [1.54, 1.807) is 0 Å². The van der Waals surface area contributed by atoms with Crippen LogP contribution in [0.5, 0.6) is 0 Å². The van der Waals surface area contributed by atoms with E-state index in [2.05, 4.69) is 24.1 Å². The first-order valence-electron chi connectivity index (χ1n) is 7.87. The predicted octanol–water partition coefficient (Wildman–Crippen LogP) is 1.35. The minimum absolute atomic E-state index is 0.0227. The smallest absolute Gasteiger partial charge is 0.224 e. The first-order valence-corrected chi connectivity index (χ1v) is 7.87. The predicted molar refractivity (Wildman–Crippen MR) is 77.8 cm³/mol. The first-order chi connectivity index (χ1) is 9.09. The Labute approximate surface area is 117 Å². The normalized spacial score (nSPS) is 34.2. The summed E-state index contributed by atoms with van der Waals surface area (Å²) in [5, 5.41) is 3.12. The molecule has 1 aliphatic heterocycles. The SMILES string of the molecule is CC1CCCC(C(=O)NCC(C)N2CCCC2)C1N. The Morgan fingerprint density at radius 1 is 1.32 bits per heavy atom. The topological polar surface area (TPSA) is 58.4 Å². The average Bonchev–Trinajstić information content (AvgIpc) is 2.93. The first kappa shape index (κ1) is 14.8. The summed E-state index contributed by atoms with van der Waals surface area (Å²) in [6, 6.07) is 0.486. The Bertz CT molecular complexity index is 302. The van der Waals surface area contributed by atoms with Crippen LogP contribution < -0.4 is 11.1 Å². The summed E-state index contributed by atoms with van der Waals surface area (Å²) in [5.41, 5.74) is 6.18. The van der Waals surface area contributed by atoms with Crippen LogP contribution in [0.2, 0.25) is 0 Å². The monoisotopic (exact) mass is 267 g/mol. The molecule has 0 radical (unpaired) electrons. The number of nitrogens with zero attached hydrogens (tertiary/aromatic N) is 1. The maximum Gasteiger partial charge on any atom is 0.224 e. The van der Waals surface area contributed by atoms with Gasteiger partial charge in [-0.3, -0.25) is 9.69 Å². The van der Waals surface area contributed by atoms with Crippen molar-refractivity contribution >= 4 is 5.91 Å². The van der Waals surface area contributed by atoms with Gasteiger partial charge in [0.2, 0.25) is 5.91 Å². The van der Waals surface area contributed by atoms with Gasteiger partial charge in [-0.25, -0.2) is 0 Å². The van der Waals surface area contributed by atoms with Crippen LogP contribution in [0.3, 0.4) is 0 Å². The Kier molecular flexibility index (Phi) is 5.22. The standard InChI is InChI=1S/C15H29N3O/c1-11-6-5-7-13(14(11)16)15(19)17-10-12(2)18-8-3-4-9-18/h11-14H,3-10,16H2,1-2H3,(H,17,19). The minimum Gasteiger partial charge on any atom is -0.354 e. The molecule has 4 nitrogen and oxygen atoms in total. The molecule has 1 heterocycles. The van der Waals surface area contributed by atoms with Crippen LogP contribution in [0.25, 0.3) is 0 Å². The zero-order valence-corrected chi connectivity index (χ0v) is 12.4. The van der Waals surface area contributed by atoms with E-state index in [9.17, 15) is 4.79 Å². The van der Waals surface area contributed by atoms with E-state index in [0.717, 1.165) is 25.8 Å². The lowest BCUT2D eigenvalue weighted by Gasteiger charge is -2.33. The van der Waals surface area contributed by atoms with Crippen molar-refractivity contribution in [1.29, 1.82) is 0 Å². The molecule has 1 saturated heterocycles. The van der Waals surface area contributed by atoms with Crippen molar-refractivity contribution in [2.24, 2.45) is 17.6 Å². The summed E-state index contributed by atoms with van der Waals surface area (Å²) in [6.45, 7) is 7.48. The van der Waals surface area contributed by atoms with E-state index in [1.807, 2.05) is 0 Å². The van der Waals surface area contributed by atoms with Gasteiger partial charge in [0, 0.05) is 18.6 Å². The second-order valence-corrected chi connectivity index (χ2v) is 6.43. The van der Waals surface area contributed by atoms with Gasteiger partial charge in [-0.1, -0.05) is 13.3 Å². The van der Waals surface area contributed by atoms with Gasteiger partial charge in [-0.2, -0.15) is 0 Å². The Hall–Kier alpha value is -0.610. The summed E-state index contributed by atoms with van der Waals surface area (Å²) < 4.78 is 0. The largest absolute Gasteiger partial charge is 0.354 e. The van der Waals surface area contributed by atoms with Crippen molar-refractivity contribution in [2.75, 3.05) is 19.6 Å². The van der Waals surface area contributed by atoms with Crippen LogP contribution >= 0.6 is 0 Å². The molecule has 1 aliphatic carbocycles. The molecule has 2 fully saturated rings. The van der Waals surface area contributed by atoms with Crippen LogP contribution in [-0.2, 0) is 4.79 Å². The Morgan fingerprint density at radius 3 is 2.68 bits per heavy atom. The molecule has 4 unspecified atom stereocenters. The molecule has 0 aromatic carbocycles. The molecule has 2 rings (SSSR count). The molecule has 1 amide bonds. The molecule has 4 heteroatoms. The Balaban J connectivity index is 1.77. The molecular weight excluding hydrogens is 238 g/mol. The molecule has 110 valence electrons. The molecule has 2 aliphatic rings. The van der Waals surface area contributed by atoms with Crippen molar-refractivity contribution in [1.82, 2.24) is 10.2 Å². The highest BCUT2D eigenvalue weighted by Crippen LogP contribution is 2.27. The minimum atomic E-state index is 0.0227. The lowest BCUT2D eigenvalue weighted by molar-refractivity contribution is -0.127. The van der Waals surface area contributed by atoms with Crippen molar-refractivity contribution in [3.63, 3.8) is 0 Å². The van der Waals surface area contributed by atoms with E-state index in [1.165, 1.54) is 25.9 Å². The second kappa shape index (κ2) is 6.71. The van der Waals surface area contributed by atoms with E-state index in [-0.39, 0.29) is 17.9 Å². The summed E-state index contributed by atoms with van der Waals surface area (Å²) in [4.78, 5) is 14.7. The summed E-state index contributed by atoms with van der Waals surface area (Å²) in [6.07, 6.45) is 5.84. The fourth-order valence-corrected chi connectivity index (χ4v) is 3.44. The highest BCUT2D eigenvalue weighted by Gasteiger charge is 2.32. The van der Waals surface area contributed by atoms with E-state index in [4.69, 9.17) is 5.73 Å². The third-order valence-electron chi connectivity index (χ3n) is 4.97. The third kappa shape index (κ3) is 3.69. The lowest BCUT2D eigenvalue weighted by atomic mass is 9.78.